The van der Waals surface area contributed by atoms with Crippen LogP contribution in [0.2, 0.25) is 0 Å². The average Bonchev–Trinajstić information content (AvgIpc) is 2.79. The van der Waals surface area contributed by atoms with Crippen LogP contribution in [0.25, 0.3) is 0 Å². The van der Waals surface area contributed by atoms with Gasteiger partial charge in [-0.05, 0) is 56.0 Å². The third-order valence-corrected chi connectivity index (χ3v) is 7.45. The summed E-state index contributed by atoms with van der Waals surface area (Å²) >= 11 is 0. The molecule has 1 saturated heterocycles. The molecule has 1 N–H and O–H groups in total. The van der Waals surface area contributed by atoms with Crippen LogP contribution >= 0.6 is 0 Å². The summed E-state index contributed by atoms with van der Waals surface area (Å²) < 4.78 is 37.9. The second kappa shape index (κ2) is 10.2. The summed E-state index contributed by atoms with van der Waals surface area (Å²) in [4.78, 5) is 13.0. The number of nitrogens with zero attached hydrogens (tertiary/aromatic N) is 1. The number of ether oxygens (including phenoxy) is 2. The number of methoxy groups -OCH3 is 2. The molecule has 31 heavy (non-hydrogen) atoms. The zero-order valence-electron chi connectivity index (χ0n) is 18.3. The average molecular weight is 447 g/mol. The lowest BCUT2D eigenvalue weighted by Gasteiger charge is -2.31. The first kappa shape index (κ1) is 23.1. The summed E-state index contributed by atoms with van der Waals surface area (Å²) in [7, 11) is -0.422. The number of nitrogens with one attached hydrogen (secondary N) is 1. The minimum absolute atomic E-state index is 0.107. The predicted molar refractivity (Wildman–Crippen MR) is 119 cm³/mol. The van der Waals surface area contributed by atoms with Gasteiger partial charge in [-0.25, -0.2) is 8.42 Å². The fourth-order valence-electron chi connectivity index (χ4n) is 3.74. The number of piperidine rings is 1. The number of amides is 1. The molecule has 0 radical (unpaired) electrons. The molecule has 0 bridgehead atoms. The molecule has 0 aromatic heterocycles. The first-order valence-corrected chi connectivity index (χ1v) is 11.8. The molecule has 1 atom stereocenters. The van der Waals surface area contributed by atoms with Gasteiger partial charge in [-0.1, -0.05) is 23.8 Å². The van der Waals surface area contributed by atoms with Gasteiger partial charge in [0.2, 0.25) is 15.9 Å². The van der Waals surface area contributed by atoms with Gasteiger partial charge in [0.05, 0.1) is 25.0 Å². The van der Waals surface area contributed by atoms with Crippen LogP contribution in [0.3, 0.4) is 0 Å². The lowest BCUT2D eigenvalue weighted by molar-refractivity contribution is -0.126. The van der Waals surface area contributed by atoms with E-state index in [1.165, 1.54) is 4.31 Å². The van der Waals surface area contributed by atoms with Crippen LogP contribution in [0.15, 0.2) is 47.4 Å². The van der Waals surface area contributed by atoms with Crippen molar-refractivity contribution in [1.29, 1.82) is 0 Å². The lowest BCUT2D eigenvalue weighted by atomic mass is 9.99. The van der Waals surface area contributed by atoms with Crippen molar-refractivity contribution in [3.63, 3.8) is 0 Å². The first-order valence-electron chi connectivity index (χ1n) is 10.4. The molecular formula is C23H30N2O5S. The molecule has 8 heteroatoms. The van der Waals surface area contributed by atoms with E-state index in [1.54, 1.807) is 38.5 Å². The van der Waals surface area contributed by atoms with E-state index in [9.17, 15) is 13.2 Å². The van der Waals surface area contributed by atoms with Gasteiger partial charge in [0.1, 0.15) is 0 Å². The van der Waals surface area contributed by atoms with Gasteiger partial charge in [-0.15, -0.1) is 0 Å². The minimum Gasteiger partial charge on any atom is -0.493 e. The van der Waals surface area contributed by atoms with Crippen molar-refractivity contribution in [2.24, 2.45) is 5.92 Å². The summed E-state index contributed by atoms with van der Waals surface area (Å²) in [5.74, 6) is 0.853. The number of benzene rings is 2. The Morgan fingerprint density at radius 1 is 1.10 bits per heavy atom. The molecule has 168 valence electrons. The van der Waals surface area contributed by atoms with Crippen LogP contribution in [0, 0.1) is 12.8 Å². The van der Waals surface area contributed by atoms with Crippen LogP contribution in [-0.2, 0) is 21.2 Å². The lowest BCUT2D eigenvalue weighted by Crippen LogP contribution is -2.45. The second-order valence-corrected chi connectivity index (χ2v) is 9.68. The Morgan fingerprint density at radius 3 is 2.48 bits per heavy atom. The minimum atomic E-state index is -3.60. The van der Waals surface area contributed by atoms with Gasteiger partial charge in [-0.3, -0.25) is 4.79 Å². The Bertz CT molecular complexity index is 1010. The van der Waals surface area contributed by atoms with E-state index in [0.717, 1.165) is 11.1 Å². The highest BCUT2D eigenvalue weighted by atomic mass is 32.2. The van der Waals surface area contributed by atoms with E-state index < -0.39 is 10.0 Å². The largest absolute Gasteiger partial charge is 0.493 e. The van der Waals surface area contributed by atoms with E-state index in [1.807, 2.05) is 25.1 Å². The fourth-order valence-corrected chi connectivity index (χ4v) is 5.27. The quantitative estimate of drug-likeness (QED) is 0.674. The van der Waals surface area contributed by atoms with Crippen LogP contribution in [0.5, 0.6) is 11.5 Å². The Morgan fingerprint density at radius 2 is 1.81 bits per heavy atom. The predicted octanol–water partition coefficient (Wildman–Crippen LogP) is 2.77. The molecular weight excluding hydrogens is 416 g/mol. The molecule has 2 aromatic carbocycles. The van der Waals surface area contributed by atoms with E-state index >= 15 is 0 Å². The van der Waals surface area contributed by atoms with Gasteiger partial charge >= 0.3 is 0 Å². The molecule has 1 aliphatic heterocycles. The molecule has 1 fully saturated rings. The van der Waals surface area contributed by atoms with Crippen molar-refractivity contribution in [3.8, 4) is 11.5 Å². The van der Waals surface area contributed by atoms with E-state index in [0.29, 0.717) is 43.9 Å². The molecule has 0 unspecified atom stereocenters. The number of sulfonamides is 1. The fraction of sp³-hybridized carbons (Fsp3) is 0.435. The van der Waals surface area contributed by atoms with Gasteiger partial charge in [0, 0.05) is 19.6 Å². The highest BCUT2D eigenvalue weighted by Crippen LogP contribution is 2.28. The maximum absolute atomic E-state index is 13.0. The number of rotatable bonds is 8. The van der Waals surface area contributed by atoms with E-state index in [2.05, 4.69) is 5.32 Å². The monoisotopic (exact) mass is 446 g/mol. The third kappa shape index (κ3) is 5.57. The zero-order valence-corrected chi connectivity index (χ0v) is 19.1. The summed E-state index contributed by atoms with van der Waals surface area (Å²) in [6.07, 6.45) is 1.99. The van der Waals surface area contributed by atoms with Crippen LogP contribution < -0.4 is 14.8 Å². The summed E-state index contributed by atoms with van der Waals surface area (Å²) in [6.45, 7) is 3.03. The highest BCUT2D eigenvalue weighted by Gasteiger charge is 2.33. The van der Waals surface area contributed by atoms with Gasteiger partial charge in [0.15, 0.2) is 11.5 Å². The molecule has 2 aromatic rings. The van der Waals surface area contributed by atoms with Crippen LogP contribution in [0.1, 0.15) is 24.0 Å². The number of carbonyl (C=O) groups excluding carboxylic acids is 1. The number of aryl methyl sites for hydroxylation is 1. The Hall–Kier alpha value is -2.58. The second-order valence-electron chi connectivity index (χ2n) is 7.75. The molecule has 0 saturated carbocycles. The maximum atomic E-state index is 13.0. The van der Waals surface area contributed by atoms with Crippen molar-refractivity contribution in [3.05, 3.63) is 53.6 Å². The van der Waals surface area contributed by atoms with Gasteiger partial charge in [0.25, 0.3) is 0 Å². The Balaban J connectivity index is 1.57. The number of carbonyl (C=O) groups is 1. The zero-order chi connectivity index (χ0) is 22.4. The number of hydrogen-bond acceptors (Lipinski definition) is 5. The van der Waals surface area contributed by atoms with Crippen LogP contribution in [-0.4, -0.2) is 52.5 Å². The molecule has 1 heterocycles. The van der Waals surface area contributed by atoms with E-state index in [4.69, 9.17) is 9.47 Å². The molecule has 0 spiro atoms. The maximum Gasteiger partial charge on any atom is 0.243 e. The highest BCUT2D eigenvalue weighted by molar-refractivity contribution is 7.89. The van der Waals surface area contributed by atoms with Crippen molar-refractivity contribution in [1.82, 2.24) is 9.62 Å². The SMILES string of the molecule is COc1ccc(CCNC(=O)[C@@H]2CCCN(S(=O)(=O)c3ccc(C)cc3)C2)cc1OC. The Kier molecular flexibility index (Phi) is 7.56. The normalized spacial score (nSPS) is 17.2. The summed E-state index contributed by atoms with van der Waals surface area (Å²) in [5, 5.41) is 2.95. The molecule has 7 nitrogen and oxygen atoms in total. The molecule has 0 aliphatic carbocycles. The van der Waals surface area contributed by atoms with Crippen molar-refractivity contribution >= 4 is 15.9 Å². The van der Waals surface area contributed by atoms with Crippen molar-refractivity contribution < 1.29 is 22.7 Å². The van der Waals surface area contributed by atoms with Crippen molar-refractivity contribution in [2.75, 3.05) is 33.9 Å². The standard InChI is InChI=1S/C23H30N2O5S/c1-17-6-9-20(10-7-17)31(27,28)25-14-4-5-19(16-25)23(26)24-13-12-18-8-11-21(29-2)22(15-18)30-3/h6-11,15,19H,4-5,12-14,16H2,1-3H3,(H,24,26)/t19-/m1/s1. The van der Waals surface area contributed by atoms with E-state index in [-0.39, 0.29) is 23.3 Å². The Labute approximate surface area is 184 Å². The molecule has 1 aliphatic rings. The van der Waals surface area contributed by atoms with Gasteiger partial charge < -0.3 is 14.8 Å². The van der Waals surface area contributed by atoms with Gasteiger partial charge in [-0.2, -0.15) is 4.31 Å². The summed E-state index contributed by atoms with van der Waals surface area (Å²) in [6, 6.07) is 12.5. The molecule has 1 amide bonds. The van der Waals surface area contributed by atoms with Crippen LogP contribution in [0.4, 0.5) is 0 Å². The number of hydrogen-bond donors (Lipinski definition) is 1. The summed E-state index contributed by atoms with van der Waals surface area (Å²) in [5.41, 5.74) is 2.02. The molecule has 3 rings (SSSR count). The topological polar surface area (TPSA) is 84.9 Å². The third-order valence-electron chi connectivity index (χ3n) is 5.57. The first-order chi connectivity index (χ1) is 14.8. The smallest absolute Gasteiger partial charge is 0.243 e. The van der Waals surface area contributed by atoms with Crippen molar-refractivity contribution in [2.45, 2.75) is 31.1 Å².